The Hall–Kier alpha value is -1.76. The summed E-state index contributed by atoms with van der Waals surface area (Å²) in [5.41, 5.74) is 2.78. The van der Waals surface area contributed by atoms with Crippen LogP contribution in [0.25, 0.3) is 0 Å². The van der Waals surface area contributed by atoms with Crippen molar-refractivity contribution in [2.75, 3.05) is 19.6 Å². The number of likely N-dealkylation sites (tertiary alicyclic amines) is 1. The Morgan fingerprint density at radius 3 is 2.68 bits per heavy atom. The Balaban J connectivity index is 1.21. The van der Waals surface area contributed by atoms with E-state index in [1.807, 2.05) is 10.3 Å². The zero-order chi connectivity index (χ0) is 19.1. The van der Waals surface area contributed by atoms with Crippen LogP contribution in [0.1, 0.15) is 47.5 Å². The van der Waals surface area contributed by atoms with Gasteiger partial charge in [0.25, 0.3) is 0 Å². The van der Waals surface area contributed by atoms with E-state index in [1.165, 1.54) is 11.1 Å². The Labute approximate surface area is 170 Å². The van der Waals surface area contributed by atoms with Crippen LogP contribution >= 0.6 is 11.3 Å². The summed E-state index contributed by atoms with van der Waals surface area (Å²) in [5, 5.41) is 14.2. The fourth-order valence-corrected chi connectivity index (χ4v) is 5.35. The topological polar surface area (TPSA) is 56.7 Å². The van der Waals surface area contributed by atoms with Gasteiger partial charge in [-0.1, -0.05) is 24.3 Å². The van der Waals surface area contributed by atoms with Crippen LogP contribution in [0.2, 0.25) is 0 Å². The van der Waals surface area contributed by atoms with E-state index in [-0.39, 0.29) is 11.8 Å². The molecule has 1 aromatic carbocycles. The normalized spacial score (nSPS) is 22.1. The Bertz CT molecular complexity index is 868. The van der Waals surface area contributed by atoms with Crippen molar-refractivity contribution in [1.82, 2.24) is 14.8 Å². The van der Waals surface area contributed by atoms with Gasteiger partial charge in [-0.3, -0.25) is 9.69 Å². The Morgan fingerprint density at radius 2 is 1.93 bits per heavy atom. The molecule has 0 unspecified atom stereocenters. The van der Waals surface area contributed by atoms with Crippen LogP contribution in [0.4, 0.5) is 0 Å². The van der Waals surface area contributed by atoms with Gasteiger partial charge in [-0.25, -0.2) is 4.98 Å². The lowest BCUT2D eigenvalue weighted by Crippen LogP contribution is -2.45. The molecule has 148 valence electrons. The van der Waals surface area contributed by atoms with Gasteiger partial charge >= 0.3 is 0 Å². The molecule has 3 heterocycles. The molecule has 5 nitrogen and oxygen atoms in total. The lowest BCUT2D eigenvalue weighted by atomic mass is 9.88. The SMILES string of the molecule is O=C(C1CC1)N1CCC(O)(c2csc(CN3CCc4ccccc4C3)n2)CC1. The fourth-order valence-electron chi connectivity index (χ4n) is 4.42. The average Bonchev–Trinajstić information content (AvgIpc) is 3.46. The highest BCUT2D eigenvalue weighted by Crippen LogP contribution is 2.37. The third-order valence-corrected chi connectivity index (χ3v) is 7.26. The second-order valence-corrected chi connectivity index (χ2v) is 9.43. The molecule has 1 amide bonds. The van der Waals surface area contributed by atoms with E-state index in [9.17, 15) is 9.90 Å². The maximum Gasteiger partial charge on any atom is 0.225 e. The lowest BCUT2D eigenvalue weighted by molar-refractivity contribution is -0.137. The third kappa shape index (κ3) is 3.61. The minimum Gasteiger partial charge on any atom is -0.383 e. The smallest absolute Gasteiger partial charge is 0.225 e. The number of benzene rings is 1. The van der Waals surface area contributed by atoms with Crippen molar-refractivity contribution in [2.45, 2.75) is 50.8 Å². The highest BCUT2D eigenvalue weighted by molar-refractivity contribution is 7.09. The van der Waals surface area contributed by atoms with Crippen LogP contribution in [0.3, 0.4) is 0 Å². The first-order valence-electron chi connectivity index (χ1n) is 10.4. The Kier molecular flexibility index (Phi) is 4.73. The van der Waals surface area contributed by atoms with Crippen molar-refractivity contribution in [3.05, 3.63) is 51.5 Å². The van der Waals surface area contributed by atoms with E-state index < -0.39 is 5.60 Å². The van der Waals surface area contributed by atoms with Gasteiger partial charge in [0, 0.05) is 37.5 Å². The number of fused-ring (bicyclic) bond motifs is 1. The highest BCUT2D eigenvalue weighted by atomic mass is 32.1. The molecular formula is C22H27N3O2S. The number of aromatic nitrogens is 1. The van der Waals surface area contributed by atoms with E-state index in [4.69, 9.17) is 4.98 Å². The van der Waals surface area contributed by atoms with Gasteiger partial charge in [0.05, 0.1) is 12.2 Å². The molecule has 5 rings (SSSR count). The van der Waals surface area contributed by atoms with Gasteiger partial charge in [0.1, 0.15) is 10.6 Å². The van der Waals surface area contributed by atoms with Gasteiger partial charge in [-0.05, 0) is 43.2 Å². The van der Waals surface area contributed by atoms with Gasteiger partial charge in [0.2, 0.25) is 5.91 Å². The highest BCUT2D eigenvalue weighted by Gasteiger charge is 2.40. The molecule has 0 radical (unpaired) electrons. The van der Waals surface area contributed by atoms with Gasteiger partial charge in [0.15, 0.2) is 0 Å². The summed E-state index contributed by atoms with van der Waals surface area (Å²) in [6.45, 7) is 4.13. The lowest BCUT2D eigenvalue weighted by Gasteiger charge is -2.37. The number of carbonyl (C=O) groups is 1. The predicted octanol–water partition coefficient (Wildman–Crippen LogP) is 2.92. The van der Waals surface area contributed by atoms with E-state index in [1.54, 1.807) is 11.3 Å². The van der Waals surface area contributed by atoms with E-state index in [2.05, 4.69) is 29.2 Å². The molecule has 1 aromatic heterocycles. The summed E-state index contributed by atoms with van der Waals surface area (Å²) in [7, 11) is 0. The Morgan fingerprint density at radius 1 is 1.18 bits per heavy atom. The first-order chi connectivity index (χ1) is 13.6. The predicted molar refractivity (Wildman–Crippen MR) is 109 cm³/mol. The summed E-state index contributed by atoms with van der Waals surface area (Å²) in [4.78, 5) is 21.4. The molecular weight excluding hydrogens is 370 g/mol. The van der Waals surface area contributed by atoms with Crippen LogP contribution in [-0.4, -0.2) is 45.4 Å². The first kappa shape index (κ1) is 18.3. The minimum atomic E-state index is -0.885. The second kappa shape index (κ2) is 7.25. The zero-order valence-corrected chi connectivity index (χ0v) is 17.0. The number of nitrogens with zero attached hydrogens (tertiary/aromatic N) is 3. The van der Waals surface area contributed by atoms with E-state index >= 15 is 0 Å². The van der Waals surface area contributed by atoms with Crippen molar-refractivity contribution in [3.63, 3.8) is 0 Å². The van der Waals surface area contributed by atoms with Crippen LogP contribution in [0, 0.1) is 5.92 Å². The maximum atomic E-state index is 12.2. The number of thiazole rings is 1. The number of piperidine rings is 1. The number of hydrogen-bond acceptors (Lipinski definition) is 5. The van der Waals surface area contributed by atoms with Crippen LogP contribution in [0.5, 0.6) is 0 Å². The number of aliphatic hydroxyl groups is 1. The molecule has 0 atom stereocenters. The molecule has 3 aliphatic rings. The summed E-state index contributed by atoms with van der Waals surface area (Å²) < 4.78 is 0. The number of carbonyl (C=O) groups excluding carboxylic acids is 1. The van der Waals surface area contributed by atoms with E-state index in [0.717, 1.165) is 49.6 Å². The van der Waals surface area contributed by atoms with Crippen molar-refractivity contribution < 1.29 is 9.90 Å². The second-order valence-electron chi connectivity index (χ2n) is 8.49. The fraction of sp³-hybridized carbons (Fsp3) is 0.545. The van der Waals surface area contributed by atoms with Gasteiger partial charge in [-0.2, -0.15) is 0 Å². The number of hydrogen-bond donors (Lipinski definition) is 1. The monoisotopic (exact) mass is 397 g/mol. The minimum absolute atomic E-state index is 0.256. The summed E-state index contributed by atoms with van der Waals surface area (Å²) in [6.07, 6.45) is 4.34. The molecule has 1 saturated carbocycles. The molecule has 1 saturated heterocycles. The summed E-state index contributed by atoms with van der Waals surface area (Å²) >= 11 is 1.65. The summed E-state index contributed by atoms with van der Waals surface area (Å²) in [6, 6.07) is 8.67. The van der Waals surface area contributed by atoms with Crippen LogP contribution in [0.15, 0.2) is 29.6 Å². The van der Waals surface area contributed by atoms with Crippen molar-refractivity contribution in [1.29, 1.82) is 0 Å². The molecule has 2 aromatic rings. The number of amides is 1. The van der Waals surface area contributed by atoms with Crippen molar-refractivity contribution in [3.8, 4) is 0 Å². The average molecular weight is 398 g/mol. The first-order valence-corrected chi connectivity index (χ1v) is 11.2. The zero-order valence-electron chi connectivity index (χ0n) is 16.1. The molecule has 0 bridgehead atoms. The quantitative estimate of drug-likeness (QED) is 0.862. The van der Waals surface area contributed by atoms with Crippen molar-refractivity contribution >= 4 is 17.2 Å². The van der Waals surface area contributed by atoms with Gasteiger partial charge in [-0.15, -0.1) is 11.3 Å². The molecule has 1 N–H and O–H groups in total. The number of rotatable bonds is 4. The van der Waals surface area contributed by atoms with Gasteiger partial charge < -0.3 is 10.0 Å². The van der Waals surface area contributed by atoms with Crippen LogP contribution < -0.4 is 0 Å². The standard InChI is InChI=1S/C22H27N3O2S/c26-21(17-5-6-17)25-11-8-22(27,9-12-25)19-15-28-20(23-19)14-24-10-7-16-3-1-2-4-18(16)13-24/h1-4,15,17,27H,5-14H2. The largest absolute Gasteiger partial charge is 0.383 e. The molecule has 2 aliphatic heterocycles. The molecule has 6 heteroatoms. The molecule has 0 spiro atoms. The van der Waals surface area contributed by atoms with E-state index in [0.29, 0.717) is 25.9 Å². The maximum absolute atomic E-state index is 12.2. The molecule has 2 fully saturated rings. The molecule has 28 heavy (non-hydrogen) atoms. The third-order valence-electron chi connectivity index (χ3n) is 6.43. The van der Waals surface area contributed by atoms with Crippen LogP contribution in [-0.2, 0) is 29.9 Å². The summed E-state index contributed by atoms with van der Waals surface area (Å²) in [5.74, 6) is 0.540. The molecule has 1 aliphatic carbocycles. The van der Waals surface area contributed by atoms with Crippen molar-refractivity contribution in [2.24, 2.45) is 5.92 Å².